The number of ether oxygens (including phenoxy) is 1. The van der Waals surface area contributed by atoms with Crippen LogP contribution in [0.25, 0.3) is 10.9 Å². The zero-order valence-electron chi connectivity index (χ0n) is 17.4. The Morgan fingerprint density at radius 3 is 2.61 bits per heavy atom. The van der Waals surface area contributed by atoms with Crippen LogP contribution in [0, 0.1) is 0 Å². The fraction of sp³-hybridized carbons (Fsp3) is 0.304. The number of piperazine rings is 1. The van der Waals surface area contributed by atoms with E-state index in [0.717, 1.165) is 35.4 Å². The van der Waals surface area contributed by atoms with Gasteiger partial charge in [0.1, 0.15) is 12.3 Å². The monoisotopic (exact) mass is 440 g/mol. The molecule has 0 saturated carbocycles. The Morgan fingerprint density at radius 2 is 1.87 bits per heavy atom. The number of rotatable bonds is 6. The van der Waals surface area contributed by atoms with E-state index in [1.807, 2.05) is 59.3 Å². The molecule has 1 saturated heterocycles. The first-order chi connectivity index (χ1) is 15.0. The molecule has 31 heavy (non-hydrogen) atoms. The number of aromatic nitrogens is 1. The lowest BCUT2D eigenvalue weighted by molar-refractivity contribution is -0.133. The van der Waals surface area contributed by atoms with Crippen LogP contribution >= 0.6 is 11.6 Å². The van der Waals surface area contributed by atoms with E-state index in [1.165, 1.54) is 0 Å². The minimum atomic E-state index is -0.195. The second-order valence-corrected chi connectivity index (χ2v) is 7.93. The van der Waals surface area contributed by atoms with Gasteiger partial charge in [-0.3, -0.25) is 9.59 Å². The summed E-state index contributed by atoms with van der Waals surface area (Å²) >= 11 is 6.07. The summed E-state index contributed by atoms with van der Waals surface area (Å²) < 4.78 is 7.09. The van der Waals surface area contributed by atoms with Crippen LogP contribution in [0.5, 0.6) is 5.75 Å². The number of benzene rings is 2. The van der Waals surface area contributed by atoms with Crippen molar-refractivity contribution in [1.29, 1.82) is 0 Å². The second-order valence-electron chi connectivity index (χ2n) is 7.49. The van der Waals surface area contributed by atoms with Crippen molar-refractivity contribution in [3.8, 4) is 5.75 Å². The molecule has 1 N–H and O–H groups in total. The molecule has 8 heteroatoms. The van der Waals surface area contributed by atoms with Crippen LogP contribution in [0.1, 0.15) is 0 Å². The van der Waals surface area contributed by atoms with Crippen molar-refractivity contribution in [3.05, 3.63) is 59.8 Å². The number of halogens is 1. The molecule has 1 aromatic heterocycles. The van der Waals surface area contributed by atoms with Crippen LogP contribution in [0.2, 0.25) is 5.02 Å². The van der Waals surface area contributed by atoms with Gasteiger partial charge in [-0.05, 0) is 42.5 Å². The number of methoxy groups -OCH3 is 1. The van der Waals surface area contributed by atoms with Crippen molar-refractivity contribution in [2.45, 2.75) is 6.54 Å². The predicted molar refractivity (Wildman–Crippen MR) is 122 cm³/mol. The van der Waals surface area contributed by atoms with Crippen molar-refractivity contribution in [2.75, 3.05) is 44.7 Å². The van der Waals surface area contributed by atoms with Gasteiger partial charge in [-0.25, -0.2) is 0 Å². The summed E-state index contributed by atoms with van der Waals surface area (Å²) in [6, 6.07) is 15.4. The fourth-order valence-corrected chi connectivity index (χ4v) is 4.01. The van der Waals surface area contributed by atoms with Gasteiger partial charge in [-0.15, -0.1) is 0 Å². The Labute approximate surface area is 186 Å². The number of carbonyl (C=O) groups excluding carboxylic acids is 2. The molecule has 2 aromatic carbocycles. The Morgan fingerprint density at radius 1 is 1.06 bits per heavy atom. The maximum Gasteiger partial charge on any atom is 0.242 e. The summed E-state index contributed by atoms with van der Waals surface area (Å²) in [4.78, 5) is 28.9. The van der Waals surface area contributed by atoms with E-state index in [1.54, 1.807) is 12.0 Å². The van der Waals surface area contributed by atoms with E-state index in [0.29, 0.717) is 18.1 Å². The van der Waals surface area contributed by atoms with Crippen LogP contribution in [-0.4, -0.2) is 61.1 Å². The minimum Gasteiger partial charge on any atom is -0.497 e. The van der Waals surface area contributed by atoms with Gasteiger partial charge < -0.3 is 24.4 Å². The molecule has 0 bridgehead atoms. The molecular formula is C23H25ClN4O3. The summed E-state index contributed by atoms with van der Waals surface area (Å²) in [7, 11) is 1.62. The Kier molecular flexibility index (Phi) is 6.32. The summed E-state index contributed by atoms with van der Waals surface area (Å²) in [5.74, 6) is 0.510. The van der Waals surface area contributed by atoms with Crippen molar-refractivity contribution in [2.24, 2.45) is 0 Å². The van der Waals surface area contributed by atoms with Crippen LogP contribution in [0.15, 0.2) is 54.7 Å². The standard InChI is InChI=1S/C23H25ClN4O3/c1-31-20-5-6-21-17(13-20)7-8-28(21)16-22(29)25-15-23(30)27-11-9-26(10-12-27)19-4-2-3-18(24)14-19/h2-8,13-14H,9-12,15-16H2,1H3,(H,25,29). The zero-order valence-corrected chi connectivity index (χ0v) is 18.1. The number of hydrogen-bond acceptors (Lipinski definition) is 4. The highest BCUT2D eigenvalue weighted by Gasteiger charge is 2.21. The van der Waals surface area contributed by atoms with E-state index in [9.17, 15) is 9.59 Å². The molecular weight excluding hydrogens is 416 g/mol. The normalized spacial score (nSPS) is 14.0. The molecule has 4 rings (SSSR count). The van der Waals surface area contributed by atoms with Gasteiger partial charge in [0, 0.05) is 54.0 Å². The fourth-order valence-electron chi connectivity index (χ4n) is 3.83. The van der Waals surface area contributed by atoms with Gasteiger partial charge in [-0.1, -0.05) is 17.7 Å². The lowest BCUT2D eigenvalue weighted by Gasteiger charge is -2.36. The molecule has 2 heterocycles. The van der Waals surface area contributed by atoms with Crippen molar-refractivity contribution in [3.63, 3.8) is 0 Å². The molecule has 162 valence electrons. The molecule has 2 amide bonds. The number of amides is 2. The molecule has 3 aromatic rings. The molecule has 0 spiro atoms. The molecule has 0 aliphatic carbocycles. The predicted octanol–water partition coefficient (Wildman–Crippen LogP) is 2.77. The Bertz CT molecular complexity index is 1090. The van der Waals surface area contributed by atoms with Crippen molar-refractivity contribution < 1.29 is 14.3 Å². The molecule has 0 radical (unpaired) electrons. The largest absolute Gasteiger partial charge is 0.497 e. The van der Waals surface area contributed by atoms with Gasteiger partial charge in [0.15, 0.2) is 0 Å². The third-order valence-corrected chi connectivity index (χ3v) is 5.77. The highest BCUT2D eigenvalue weighted by atomic mass is 35.5. The van der Waals surface area contributed by atoms with Gasteiger partial charge in [0.25, 0.3) is 0 Å². The number of nitrogens with zero attached hydrogens (tertiary/aromatic N) is 3. The quantitative estimate of drug-likeness (QED) is 0.640. The third kappa shape index (κ3) is 4.94. The van der Waals surface area contributed by atoms with Gasteiger partial charge >= 0.3 is 0 Å². The number of anilines is 1. The van der Waals surface area contributed by atoms with E-state index in [2.05, 4.69) is 10.2 Å². The lowest BCUT2D eigenvalue weighted by atomic mass is 10.2. The number of carbonyl (C=O) groups is 2. The first kappa shape index (κ1) is 21.1. The first-order valence-electron chi connectivity index (χ1n) is 10.2. The SMILES string of the molecule is COc1ccc2c(ccn2CC(=O)NCC(=O)N2CCN(c3cccc(Cl)c3)CC2)c1. The molecule has 1 fully saturated rings. The van der Waals surface area contributed by atoms with Gasteiger partial charge in [-0.2, -0.15) is 0 Å². The summed E-state index contributed by atoms with van der Waals surface area (Å²) in [6.07, 6.45) is 1.86. The highest BCUT2D eigenvalue weighted by molar-refractivity contribution is 6.30. The average Bonchev–Trinajstić information content (AvgIpc) is 3.19. The van der Waals surface area contributed by atoms with E-state index in [4.69, 9.17) is 16.3 Å². The third-order valence-electron chi connectivity index (χ3n) is 5.53. The second kappa shape index (κ2) is 9.31. The minimum absolute atomic E-state index is 0.00300. The van der Waals surface area contributed by atoms with Crippen LogP contribution in [0.4, 0.5) is 5.69 Å². The number of hydrogen-bond donors (Lipinski definition) is 1. The molecule has 1 aliphatic heterocycles. The van der Waals surface area contributed by atoms with E-state index < -0.39 is 0 Å². The van der Waals surface area contributed by atoms with Gasteiger partial charge in [0.2, 0.25) is 11.8 Å². The van der Waals surface area contributed by atoms with Crippen LogP contribution in [-0.2, 0) is 16.1 Å². The van der Waals surface area contributed by atoms with Crippen molar-refractivity contribution >= 4 is 40.0 Å². The molecule has 7 nitrogen and oxygen atoms in total. The summed E-state index contributed by atoms with van der Waals surface area (Å²) in [5.41, 5.74) is 2.00. The summed E-state index contributed by atoms with van der Waals surface area (Å²) in [5, 5.41) is 4.45. The van der Waals surface area contributed by atoms with Gasteiger partial charge in [0.05, 0.1) is 13.7 Å². The maximum atomic E-state index is 12.5. The average molecular weight is 441 g/mol. The Hall–Kier alpha value is -3.19. The smallest absolute Gasteiger partial charge is 0.242 e. The number of nitrogens with one attached hydrogen (secondary N) is 1. The zero-order chi connectivity index (χ0) is 21.8. The van der Waals surface area contributed by atoms with E-state index in [-0.39, 0.29) is 24.9 Å². The molecule has 1 aliphatic rings. The molecule has 0 unspecified atom stereocenters. The van der Waals surface area contributed by atoms with Crippen LogP contribution in [0.3, 0.4) is 0 Å². The van der Waals surface area contributed by atoms with Crippen LogP contribution < -0.4 is 15.0 Å². The van der Waals surface area contributed by atoms with Crippen molar-refractivity contribution in [1.82, 2.24) is 14.8 Å². The Balaban J connectivity index is 1.26. The molecule has 0 atom stereocenters. The number of fused-ring (bicyclic) bond motifs is 1. The highest BCUT2D eigenvalue weighted by Crippen LogP contribution is 2.22. The lowest BCUT2D eigenvalue weighted by Crippen LogP contribution is -2.51. The van der Waals surface area contributed by atoms with E-state index >= 15 is 0 Å². The topological polar surface area (TPSA) is 66.8 Å². The first-order valence-corrected chi connectivity index (χ1v) is 10.6. The maximum absolute atomic E-state index is 12.5. The summed E-state index contributed by atoms with van der Waals surface area (Å²) in [6.45, 7) is 2.86.